The molecule has 0 aromatic heterocycles. The van der Waals surface area contributed by atoms with Crippen LogP contribution in [0.5, 0.6) is 11.5 Å². The van der Waals surface area contributed by atoms with E-state index in [1.54, 1.807) is 14.2 Å². The van der Waals surface area contributed by atoms with Crippen molar-refractivity contribution < 1.29 is 9.47 Å². The van der Waals surface area contributed by atoms with Gasteiger partial charge in [-0.2, -0.15) is 0 Å². The van der Waals surface area contributed by atoms with Gasteiger partial charge in [0.2, 0.25) is 0 Å². The highest BCUT2D eigenvalue weighted by Gasteiger charge is 2.15. The Bertz CT molecular complexity index is 744. The predicted octanol–water partition coefficient (Wildman–Crippen LogP) is 3.06. The van der Waals surface area contributed by atoms with Gasteiger partial charge in [-0.1, -0.05) is 30.3 Å². The zero-order chi connectivity index (χ0) is 20.4. The van der Waals surface area contributed by atoms with Crippen LogP contribution >= 0.6 is 0 Å². The number of ether oxygens (including phenoxy) is 2. The van der Waals surface area contributed by atoms with Crippen molar-refractivity contribution in [3.63, 3.8) is 0 Å². The number of benzene rings is 2. The van der Waals surface area contributed by atoms with Gasteiger partial charge in [-0.3, -0.25) is 4.99 Å². The van der Waals surface area contributed by atoms with Gasteiger partial charge >= 0.3 is 0 Å². The molecule has 0 aliphatic rings. The molecule has 0 radical (unpaired) electrons. The fraction of sp³-hybridized carbons (Fsp3) is 0.409. The molecule has 0 fully saturated rings. The average Bonchev–Trinajstić information content (AvgIpc) is 2.72. The Morgan fingerprint density at radius 2 is 1.79 bits per heavy atom. The standard InChI is InChI=1S/C22H32N4O2/c1-6-28-21-10-8-7-9-18(21)15-24-22(23-2)25-16-20(26(3)4)17-11-13-19(27-5)14-12-17/h7-14,20H,6,15-16H2,1-5H3,(H2,23,24,25). The van der Waals surface area contributed by atoms with Crippen molar-refractivity contribution in [3.8, 4) is 11.5 Å². The van der Waals surface area contributed by atoms with Gasteiger partial charge in [0.1, 0.15) is 11.5 Å². The van der Waals surface area contributed by atoms with Crippen LogP contribution in [0.2, 0.25) is 0 Å². The first-order valence-electron chi connectivity index (χ1n) is 9.54. The molecular weight excluding hydrogens is 352 g/mol. The van der Waals surface area contributed by atoms with E-state index in [9.17, 15) is 0 Å². The van der Waals surface area contributed by atoms with E-state index in [0.29, 0.717) is 13.2 Å². The van der Waals surface area contributed by atoms with Crippen LogP contribution in [0.1, 0.15) is 24.1 Å². The fourth-order valence-electron chi connectivity index (χ4n) is 2.96. The minimum atomic E-state index is 0.208. The number of para-hydroxylation sites is 1. The number of likely N-dealkylation sites (N-methyl/N-ethyl adjacent to an activating group) is 1. The molecule has 0 spiro atoms. The summed E-state index contributed by atoms with van der Waals surface area (Å²) in [4.78, 5) is 6.53. The monoisotopic (exact) mass is 384 g/mol. The summed E-state index contributed by atoms with van der Waals surface area (Å²) in [6.45, 7) is 4.01. The molecule has 2 N–H and O–H groups in total. The van der Waals surface area contributed by atoms with Crippen molar-refractivity contribution in [2.75, 3.05) is 41.4 Å². The largest absolute Gasteiger partial charge is 0.497 e. The summed E-state index contributed by atoms with van der Waals surface area (Å²) in [6.07, 6.45) is 0. The summed E-state index contributed by atoms with van der Waals surface area (Å²) in [7, 11) is 7.61. The van der Waals surface area contributed by atoms with Gasteiger partial charge in [0.05, 0.1) is 19.8 Å². The highest BCUT2D eigenvalue weighted by Crippen LogP contribution is 2.21. The van der Waals surface area contributed by atoms with E-state index >= 15 is 0 Å². The molecule has 0 heterocycles. The number of methoxy groups -OCH3 is 1. The molecule has 0 saturated heterocycles. The molecule has 0 aliphatic heterocycles. The van der Waals surface area contributed by atoms with E-state index in [2.05, 4.69) is 52.8 Å². The number of aliphatic imine (C=N–C) groups is 1. The lowest BCUT2D eigenvalue weighted by atomic mass is 10.1. The van der Waals surface area contributed by atoms with Crippen molar-refractivity contribution in [2.45, 2.75) is 19.5 Å². The topological polar surface area (TPSA) is 58.1 Å². The molecule has 28 heavy (non-hydrogen) atoms. The normalized spacial score (nSPS) is 12.6. The lowest BCUT2D eigenvalue weighted by Crippen LogP contribution is -2.41. The average molecular weight is 385 g/mol. The lowest BCUT2D eigenvalue weighted by Gasteiger charge is -2.26. The van der Waals surface area contributed by atoms with Crippen molar-refractivity contribution in [1.82, 2.24) is 15.5 Å². The first kappa shape index (κ1) is 21.6. The maximum absolute atomic E-state index is 5.69. The first-order valence-corrected chi connectivity index (χ1v) is 9.54. The molecule has 2 rings (SSSR count). The maximum Gasteiger partial charge on any atom is 0.191 e. The molecule has 6 nitrogen and oxygen atoms in total. The van der Waals surface area contributed by atoms with Crippen LogP contribution in [0.25, 0.3) is 0 Å². The number of nitrogens with zero attached hydrogens (tertiary/aromatic N) is 2. The van der Waals surface area contributed by atoms with E-state index in [1.807, 2.05) is 37.3 Å². The predicted molar refractivity (Wildman–Crippen MR) is 115 cm³/mol. The summed E-state index contributed by atoms with van der Waals surface area (Å²) < 4.78 is 10.9. The van der Waals surface area contributed by atoms with Crippen LogP contribution < -0.4 is 20.1 Å². The molecule has 6 heteroatoms. The second kappa shape index (κ2) is 11.2. The van der Waals surface area contributed by atoms with Crippen LogP contribution in [0.3, 0.4) is 0 Å². The summed E-state index contributed by atoms with van der Waals surface area (Å²) in [5.41, 5.74) is 2.32. The summed E-state index contributed by atoms with van der Waals surface area (Å²) in [5.74, 6) is 2.52. The van der Waals surface area contributed by atoms with E-state index in [-0.39, 0.29) is 6.04 Å². The maximum atomic E-state index is 5.69. The Morgan fingerprint density at radius 1 is 1.07 bits per heavy atom. The van der Waals surface area contributed by atoms with E-state index in [0.717, 1.165) is 29.6 Å². The summed E-state index contributed by atoms with van der Waals surface area (Å²) >= 11 is 0. The van der Waals surface area contributed by atoms with Crippen LogP contribution in [0, 0.1) is 0 Å². The van der Waals surface area contributed by atoms with Gasteiger partial charge in [0.25, 0.3) is 0 Å². The van der Waals surface area contributed by atoms with Gasteiger partial charge < -0.3 is 25.0 Å². The molecule has 1 unspecified atom stereocenters. The van der Waals surface area contributed by atoms with Crippen molar-refractivity contribution >= 4 is 5.96 Å². The Balaban J connectivity index is 1.97. The van der Waals surface area contributed by atoms with Gasteiger partial charge in [0, 0.05) is 25.7 Å². The number of guanidine groups is 1. The van der Waals surface area contributed by atoms with Gasteiger partial charge in [0.15, 0.2) is 5.96 Å². The minimum Gasteiger partial charge on any atom is -0.497 e. The first-order chi connectivity index (χ1) is 13.6. The molecular formula is C22H32N4O2. The van der Waals surface area contributed by atoms with Crippen LogP contribution in [-0.4, -0.2) is 52.3 Å². The zero-order valence-electron chi connectivity index (χ0n) is 17.5. The van der Waals surface area contributed by atoms with Crippen molar-refractivity contribution in [1.29, 1.82) is 0 Å². The molecule has 2 aromatic rings. The van der Waals surface area contributed by atoms with Crippen molar-refractivity contribution in [3.05, 3.63) is 59.7 Å². The summed E-state index contributed by atoms with van der Waals surface area (Å²) in [5, 5.41) is 6.79. The van der Waals surface area contributed by atoms with Crippen LogP contribution in [0.15, 0.2) is 53.5 Å². The van der Waals surface area contributed by atoms with Crippen LogP contribution in [-0.2, 0) is 6.54 Å². The second-order valence-electron chi connectivity index (χ2n) is 6.60. The number of hydrogen-bond donors (Lipinski definition) is 2. The highest BCUT2D eigenvalue weighted by molar-refractivity contribution is 5.79. The summed E-state index contributed by atoms with van der Waals surface area (Å²) in [6, 6.07) is 16.4. The Hall–Kier alpha value is -2.73. The quantitative estimate of drug-likeness (QED) is 0.514. The third-order valence-corrected chi connectivity index (χ3v) is 4.53. The minimum absolute atomic E-state index is 0.208. The number of hydrogen-bond acceptors (Lipinski definition) is 4. The Kier molecular flexibility index (Phi) is 8.62. The van der Waals surface area contributed by atoms with Gasteiger partial charge in [-0.15, -0.1) is 0 Å². The highest BCUT2D eigenvalue weighted by atomic mass is 16.5. The number of rotatable bonds is 9. The number of nitrogens with one attached hydrogen (secondary N) is 2. The molecule has 0 amide bonds. The lowest BCUT2D eigenvalue weighted by molar-refractivity contribution is 0.298. The molecule has 0 saturated carbocycles. The molecule has 1 atom stereocenters. The van der Waals surface area contributed by atoms with E-state index in [4.69, 9.17) is 9.47 Å². The van der Waals surface area contributed by atoms with Crippen molar-refractivity contribution in [2.24, 2.45) is 4.99 Å². The second-order valence-corrected chi connectivity index (χ2v) is 6.60. The fourth-order valence-corrected chi connectivity index (χ4v) is 2.96. The molecule has 0 aliphatic carbocycles. The molecule has 0 bridgehead atoms. The third-order valence-electron chi connectivity index (χ3n) is 4.53. The van der Waals surface area contributed by atoms with Gasteiger partial charge in [-0.25, -0.2) is 0 Å². The zero-order valence-corrected chi connectivity index (χ0v) is 17.5. The SMILES string of the molecule is CCOc1ccccc1CNC(=NC)NCC(c1ccc(OC)cc1)N(C)C. The van der Waals surface area contributed by atoms with Crippen LogP contribution in [0.4, 0.5) is 0 Å². The van der Waals surface area contributed by atoms with Gasteiger partial charge in [-0.05, 0) is 44.8 Å². The molecule has 2 aromatic carbocycles. The molecule has 152 valence electrons. The Morgan fingerprint density at radius 3 is 2.39 bits per heavy atom. The third kappa shape index (κ3) is 6.16. The Labute approximate surface area is 168 Å². The smallest absolute Gasteiger partial charge is 0.191 e. The van der Waals surface area contributed by atoms with E-state index < -0.39 is 0 Å². The van der Waals surface area contributed by atoms with E-state index in [1.165, 1.54) is 5.56 Å².